The van der Waals surface area contributed by atoms with Gasteiger partial charge < -0.3 is 5.11 Å². The summed E-state index contributed by atoms with van der Waals surface area (Å²) in [6, 6.07) is 4.49. The van der Waals surface area contributed by atoms with E-state index >= 15 is 0 Å². The van der Waals surface area contributed by atoms with Crippen LogP contribution in [0.25, 0.3) is 0 Å². The van der Waals surface area contributed by atoms with E-state index in [2.05, 4.69) is 4.98 Å². The smallest absolute Gasteiger partial charge is 0.141 e. The van der Waals surface area contributed by atoms with Crippen molar-refractivity contribution in [2.75, 3.05) is 0 Å². The quantitative estimate of drug-likeness (QED) is 0.930. The Hall–Kier alpha value is -0.970. The van der Waals surface area contributed by atoms with Crippen LogP contribution in [0.3, 0.4) is 0 Å². The predicted octanol–water partition coefficient (Wildman–Crippen LogP) is 3.83. The van der Waals surface area contributed by atoms with Gasteiger partial charge in [0.1, 0.15) is 5.82 Å². The van der Waals surface area contributed by atoms with Gasteiger partial charge in [-0.05, 0) is 31.5 Å². The molecule has 18 heavy (non-hydrogen) atoms. The van der Waals surface area contributed by atoms with Crippen LogP contribution in [0.15, 0.2) is 18.2 Å². The summed E-state index contributed by atoms with van der Waals surface area (Å²) in [5, 5.41) is 11.2. The lowest BCUT2D eigenvalue weighted by Crippen LogP contribution is -2.01. The molecular formula is C13H13ClFNOS. The Morgan fingerprint density at radius 2 is 2.17 bits per heavy atom. The zero-order valence-corrected chi connectivity index (χ0v) is 11.6. The van der Waals surface area contributed by atoms with Crippen molar-refractivity contribution in [3.63, 3.8) is 0 Å². The first-order chi connectivity index (χ1) is 8.47. The fraction of sp³-hybridized carbons (Fsp3) is 0.308. The first-order valence-corrected chi connectivity index (χ1v) is 6.72. The summed E-state index contributed by atoms with van der Waals surface area (Å²) in [5.74, 6) is -0.445. The summed E-state index contributed by atoms with van der Waals surface area (Å²) in [7, 11) is 0. The van der Waals surface area contributed by atoms with Crippen molar-refractivity contribution in [1.29, 1.82) is 0 Å². The Labute approximate surface area is 114 Å². The van der Waals surface area contributed by atoms with Gasteiger partial charge in [0.15, 0.2) is 0 Å². The lowest BCUT2D eigenvalue weighted by Gasteiger charge is -2.09. The van der Waals surface area contributed by atoms with E-state index in [4.69, 9.17) is 11.6 Å². The third-order valence-electron chi connectivity index (χ3n) is 2.66. The third kappa shape index (κ3) is 2.88. The Morgan fingerprint density at radius 1 is 1.44 bits per heavy atom. The molecule has 0 aliphatic heterocycles. The minimum absolute atomic E-state index is 0.0805. The fourth-order valence-corrected chi connectivity index (χ4v) is 2.96. The summed E-state index contributed by atoms with van der Waals surface area (Å²) in [6.07, 6.45) is -0.222. The van der Waals surface area contributed by atoms with Gasteiger partial charge >= 0.3 is 0 Å². The van der Waals surface area contributed by atoms with Crippen LogP contribution in [-0.4, -0.2) is 10.1 Å². The maximum absolute atomic E-state index is 13.0. The topological polar surface area (TPSA) is 33.1 Å². The standard InChI is InChI=1S/C13H13ClFNOS/c1-7-13(18-8(2)16-7)12(17)6-9-3-4-11(15)10(14)5-9/h3-5,12,17H,6H2,1-2H3. The number of aliphatic hydroxyl groups is 1. The minimum Gasteiger partial charge on any atom is -0.387 e. The first-order valence-electron chi connectivity index (χ1n) is 5.53. The average Bonchev–Trinajstić information content (AvgIpc) is 2.63. The molecule has 1 aromatic carbocycles. The summed E-state index contributed by atoms with van der Waals surface area (Å²) >= 11 is 7.19. The Balaban J connectivity index is 2.18. The molecule has 1 heterocycles. The lowest BCUT2D eigenvalue weighted by atomic mass is 10.1. The zero-order chi connectivity index (χ0) is 13.3. The number of thiazole rings is 1. The SMILES string of the molecule is Cc1nc(C)c(C(O)Cc2ccc(F)c(Cl)c2)s1. The van der Waals surface area contributed by atoms with Crippen LogP contribution in [0.2, 0.25) is 5.02 Å². The second kappa shape index (κ2) is 5.34. The average molecular weight is 286 g/mol. The van der Waals surface area contributed by atoms with Crippen molar-refractivity contribution in [2.45, 2.75) is 26.4 Å². The molecule has 2 aromatic rings. The van der Waals surface area contributed by atoms with Crippen molar-refractivity contribution >= 4 is 22.9 Å². The van der Waals surface area contributed by atoms with Crippen LogP contribution >= 0.6 is 22.9 Å². The highest BCUT2D eigenvalue weighted by molar-refractivity contribution is 7.11. The van der Waals surface area contributed by atoms with Crippen molar-refractivity contribution in [1.82, 2.24) is 4.98 Å². The molecule has 5 heteroatoms. The predicted molar refractivity (Wildman–Crippen MR) is 71.7 cm³/mol. The summed E-state index contributed by atoms with van der Waals surface area (Å²) in [6.45, 7) is 3.78. The largest absolute Gasteiger partial charge is 0.387 e. The maximum Gasteiger partial charge on any atom is 0.141 e. The van der Waals surface area contributed by atoms with Gasteiger partial charge in [0.25, 0.3) is 0 Å². The second-order valence-electron chi connectivity index (χ2n) is 4.15. The lowest BCUT2D eigenvalue weighted by molar-refractivity contribution is 0.181. The van der Waals surface area contributed by atoms with Gasteiger partial charge in [-0.15, -0.1) is 11.3 Å². The number of aliphatic hydroxyl groups excluding tert-OH is 1. The molecule has 0 aliphatic carbocycles. The van der Waals surface area contributed by atoms with E-state index in [0.29, 0.717) is 6.42 Å². The first kappa shape index (κ1) is 13.5. The molecule has 1 aromatic heterocycles. The molecule has 0 amide bonds. The number of nitrogens with zero attached hydrogens (tertiary/aromatic N) is 1. The Bertz CT molecular complexity index is 570. The number of halogens is 2. The maximum atomic E-state index is 13.0. The van der Waals surface area contributed by atoms with E-state index in [1.807, 2.05) is 13.8 Å². The minimum atomic E-state index is -0.627. The number of aromatic nitrogens is 1. The molecule has 0 bridgehead atoms. The molecule has 0 saturated heterocycles. The molecule has 2 nitrogen and oxygen atoms in total. The normalized spacial score (nSPS) is 12.7. The molecule has 1 N–H and O–H groups in total. The van der Waals surface area contributed by atoms with Crippen molar-refractivity contribution in [2.24, 2.45) is 0 Å². The number of aryl methyl sites for hydroxylation is 2. The van der Waals surface area contributed by atoms with Crippen LogP contribution in [0, 0.1) is 19.7 Å². The van der Waals surface area contributed by atoms with Gasteiger partial charge in [0.05, 0.1) is 26.7 Å². The second-order valence-corrected chi connectivity index (χ2v) is 5.79. The van der Waals surface area contributed by atoms with Crippen molar-refractivity contribution < 1.29 is 9.50 Å². The highest BCUT2D eigenvalue weighted by Gasteiger charge is 2.15. The molecule has 0 fully saturated rings. The van der Waals surface area contributed by atoms with Gasteiger partial charge in [-0.3, -0.25) is 0 Å². The van der Waals surface area contributed by atoms with Gasteiger partial charge in [-0.25, -0.2) is 9.37 Å². The van der Waals surface area contributed by atoms with Crippen LogP contribution in [0.5, 0.6) is 0 Å². The van der Waals surface area contributed by atoms with E-state index in [1.54, 1.807) is 12.1 Å². The molecule has 96 valence electrons. The molecule has 1 unspecified atom stereocenters. The number of hydrogen-bond donors (Lipinski definition) is 1. The van der Waals surface area contributed by atoms with Crippen LogP contribution < -0.4 is 0 Å². The molecule has 0 radical (unpaired) electrons. The summed E-state index contributed by atoms with van der Waals surface area (Å²) in [5.41, 5.74) is 1.65. The van der Waals surface area contributed by atoms with E-state index in [1.165, 1.54) is 17.4 Å². The summed E-state index contributed by atoms with van der Waals surface area (Å²) < 4.78 is 13.0. The molecule has 0 saturated carbocycles. The molecule has 1 atom stereocenters. The molecule has 0 aliphatic rings. The number of hydrogen-bond acceptors (Lipinski definition) is 3. The monoisotopic (exact) mass is 285 g/mol. The Morgan fingerprint density at radius 3 is 2.72 bits per heavy atom. The fourth-order valence-electron chi connectivity index (χ4n) is 1.84. The molecular weight excluding hydrogens is 273 g/mol. The van der Waals surface area contributed by atoms with E-state index in [-0.39, 0.29) is 5.02 Å². The van der Waals surface area contributed by atoms with E-state index in [9.17, 15) is 9.50 Å². The number of benzene rings is 1. The van der Waals surface area contributed by atoms with Gasteiger partial charge in [0, 0.05) is 6.42 Å². The molecule has 0 spiro atoms. The highest BCUT2D eigenvalue weighted by Crippen LogP contribution is 2.28. The van der Waals surface area contributed by atoms with Gasteiger partial charge in [0.2, 0.25) is 0 Å². The molecule has 2 rings (SSSR count). The van der Waals surface area contributed by atoms with Gasteiger partial charge in [-0.2, -0.15) is 0 Å². The van der Waals surface area contributed by atoms with Crippen molar-refractivity contribution in [3.05, 3.63) is 50.2 Å². The van der Waals surface area contributed by atoms with E-state index in [0.717, 1.165) is 21.1 Å². The van der Waals surface area contributed by atoms with Crippen LogP contribution in [-0.2, 0) is 6.42 Å². The number of rotatable bonds is 3. The Kier molecular flexibility index (Phi) is 4.00. The van der Waals surface area contributed by atoms with Crippen LogP contribution in [0.4, 0.5) is 4.39 Å². The third-order valence-corrected chi connectivity index (χ3v) is 4.12. The van der Waals surface area contributed by atoms with E-state index < -0.39 is 11.9 Å². The van der Waals surface area contributed by atoms with Crippen LogP contribution in [0.1, 0.15) is 27.2 Å². The summed E-state index contributed by atoms with van der Waals surface area (Å²) in [4.78, 5) is 5.13. The van der Waals surface area contributed by atoms with Gasteiger partial charge in [-0.1, -0.05) is 17.7 Å². The zero-order valence-electron chi connectivity index (χ0n) is 10.1. The highest BCUT2D eigenvalue weighted by atomic mass is 35.5. The van der Waals surface area contributed by atoms with Crippen molar-refractivity contribution in [3.8, 4) is 0 Å².